The van der Waals surface area contributed by atoms with E-state index in [0.29, 0.717) is 12.8 Å². The van der Waals surface area contributed by atoms with Crippen molar-refractivity contribution in [1.29, 1.82) is 0 Å². The second kappa shape index (κ2) is 27.6. The fraction of sp³-hybridized carbons (Fsp3) is 0.917. The minimum Gasteiger partial charge on any atom is -0.394 e. The van der Waals surface area contributed by atoms with Crippen LogP contribution in [0.15, 0.2) is 12.2 Å². The smallest absolute Gasteiger partial charge is 0.249 e. The predicted molar refractivity (Wildman–Crippen MR) is 182 cm³/mol. The van der Waals surface area contributed by atoms with Crippen LogP contribution in [-0.2, 0) is 14.3 Å². The summed E-state index contributed by atoms with van der Waals surface area (Å²) in [6.07, 6.45) is 12.9. The number of amides is 1. The largest absolute Gasteiger partial charge is 0.394 e. The van der Waals surface area contributed by atoms with Crippen molar-refractivity contribution in [2.75, 3.05) is 13.2 Å². The lowest BCUT2D eigenvalue weighted by Crippen LogP contribution is -2.60. The molecule has 0 bridgehead atoms. The van der Waals surface area contributed by atoms with Gasteiger partial charge in [-0.3, -0.25) is 4.79 Å². The zero-order valence-corrected chi connectivity index (χ0v) is 29.3. The Morgan fingerprint density at radius 2 is 1.26 bits per heavy atom. The molecule has 1 rings (SSSR count). The molecule has 11 heteroatoms. The molecule has 0 aromatic heterocycles. The Labute approximate surface area is 283 Å². The molecule has 0 aliphatic carbocycles. The van der Waals surface area contributed by atoms with Crippen LogP contribution in [0.3, 0.4) is 0 Å². The third-order valence-electron chi connectivity index (χ3n) is 9.07. The van der Waals surface area contributed by atoms with Crippen molar-refractivity contribution in [3.8, 4) is 0 Å². The highest BCUT2D eigenvalue weighted by atomic mass is 16.7. The molecule has 11 nitrogen and oxygen atoms in total. The zero-order valence-electron chi connectivity index (χ0n) is 29.3. The number of hydrogen-bond acceptors (Lipinski definition) is 10. The summed E-state index contributed by atoms with van der Waals surface area (Å²) in [5.41, 5.74) is 0. The van der Waals surface area contributed by atoms with Gasteiger partial charge in [0.15, 0.2) is 6.29 Å². The van der Waals surface area contributed by atoms with Gasteiger partial charge in [0, 0.05) is 0 Å². The molecule has 0 saturated carbocycles. The average molecular weight is 676 g/mol. The summed E-state index contributed by atoms with van der Waals surface area (Å²) in [4.78, 5) is 12.9. The number of aliphatic hydroxyl groups is 7. The minimum atomic E-state index is -1.66. The molecule has 47 heavy (non-hydrogen) atoms. The third-order valence-corrected chi connectivity index (χ3v) is 9.07. The number of aliphatic hydroxyl groups excluding tert-OH is 7. The molecule has 8 N–H and O–H groups in total. The molecular weight excluding hydrogens is 606 g/mol. The van der Waals surface area contributed by atoms with E-state index in [1.807, 2.05) is 0 Å². The standard InChI is InChI=1S/C36H69NO10/c1-3-5-7-9-11-13-14-16-18-20-22-24-29(40)35(45)37-27(26-46-36-34(44)33(43)32(42)30(25-38)47-36)31(41)28(39)23-21-19-17-15-12-10-8-6-4-2/h15,17,27-34,36,38-44H,3-14,16,18-26H2,1-2H3,(H,37,45)/b17-15+. The Kier molecular flexibility index (Phi) is 25.8. The van der Waals surface area contributed by atoms with Crippen molar-refractivity contribution >= 4 is 5.91 Å². The number of ether oxygens (including phenoxy) is 2. The molecule has 0 aromatic carbocycles. The van der Waals surface area contributed by atoms with Gasteiger partial charge in [-0.05, 0) is 38.5 Å². The Morgan fingerprint density at radius 1 is 0.723 bits per heavy atom. The average Bonchev–Trinajstić information content (AvgIpc) is 3.07. The van der Waals surface area contributed by atoms with Crippen molar-refractivity contribution in [1.82, 2.24) is 5.32 Å². The van der Waals surface area contributed by atoms with Crippen LogP contribution in [0.4, 0.5) is 0 Å². The minimum absolute atomic E-state index is 0.257. The lowest BCUT2D eigenvalue weighted by molar-refractivity contribution is -0.303. The Hall–Kier alpha value is -1.15. The van der Waals surface area contributed by atoms with Crippen molar-refractivity contribution < 1.29 is 50.0 Å². The van der Waals surface area contributed by atoms with E-state index >= 15 is 0 Å². The summed E-state index contributed by atoms with van der Waals surface area (Å²) in [7, 11) is 0. The first-order valence-corrected chi connectivity index (χ1v) is 18.6. The number of unbranched alkanes of at least 4 members (excludes halogenated alkanes) is 15. The van der Waals surface area contributed by atoms with Gasteiger partial charge in [-0.25, -0.2) is 0 Å². The van der Waals surface area contributed by atoms with Crippen molar-refractivity contribution in [2.45, 2.75) is 197 Å². The Balaban J connectivity index is 2.62. The lowest BCUT2D eigenvalue weighted by atomic mass is 9.98. The lowest BCUT2D eigenvalue weighted by Gasteiger charge is -2.40. The summed E-state index contributed by atoms with van der Waals surface area (Å²) >= 11 is 0. The topological polar surface area (TPSA) is 189 Å². The second-order valence-corrected chi connectivity index (χ2v) is 13.3. The molecule has 1 aliphatic heterocycles. The number of hydrogen-bond donors (Lipinski definition) is 8. The maximum atomic E-state index is 12.9. The van der Waals surface area contributed by atoms with Crippen LogP contribution in [-0.4, -0.2) is 110 Å². The van der Waals surface area contributed by atoms with Gasteiger partial charge < -0.3 is 50.5 Å². The molecule has 278 valence electrons. The molecular formula is C36H69NO10. The Morgan fingerprint density at radius 3 is 1.83 bits per heavy atom. The van der Waals surface area contributed by atoms with Crippen LogP contribution in [0.1, 0.15) is 142 Å². The van der Waals surface area contributed by atoms with E-state index in [9.17, 15) is 40.5 Å². The number of carbonyl (C=O) groups excluding carboxylic acids is 1. The molecule has 0 aromatic rings. The van der Waals surface area contributed by atoms with Crippen LogP contribution in [0.2, 0.25) is 0 Å². The van der Waals surface area contributed by atoms with Gasteiger partial charge in [0.1, 0.15) is 36.6 Å². The summed E-state index contributed by atoms with van der Waals surface area (Å²) in [6, 6.07) is -1.18. The van der Waals surface area contributed by atoms with Gasteiger partial charge in [0.25, 0.3) is 0 Å². The fourth-order valence-corrected chi connectivity index (χ4v) is 5.85. The van der Waals surface area contributed by atoms with E-state index in [1.165, 1.54) is 64.2 Å². The fourth-order valence-electron chi connectivity index (χ4n) is 5.85. The van der Waals surface area contributed by atoms with Crippen molar-refractivity contribution in [3.05, 3.63) is 12.2 Å². The van der Waals surface area contributed by atoms with E-state index in [-0.39, 0.29) is 12.8 Å². The summed E-state index contributed by atoms with van der Waals surface area (Å²) in [5.74, 6) is -0.711. The quantitative estimate of drug-likeness (QED) is 0.0428. The molecule has 1 heterocycles. The van der Waals surface area contributed by atoms with E-state index in [2.05, 4.69) is 31.3 Å². The summed E-state index contributed by atoms with van der Waals surface area (Å²) in [5, 5.41) is 74.9. The first-order chi connectivity index (χ1) is 22.7. The van der Waals surface area contributed by atoms with Gasteiger partial charge in [0.2, 0.25) is 5.91 Å². The number of allylic oxidation sites excluding steroid dienone is 2. The SMILES string of the molecule is CCCCCC/C=C/CCCC(O)C(O)C(COC1OC(CO)C(O)C(O)C1O)NC(=O)C(O)CCCCCCCCCCCCC. The second-order valence-electron chi connectivity index (χ2n) is 13.3. The van der Waals surface area contributed by atoms with Gasteiger partial charge in [-0.15, -0.1) is 0 Å². The van der Waals surface area contributed by atoms with Gasteiger partial charge >= 0.3 is 0 Å². The third kappa shape index (κ3) is 19.0. The first-order valence-electron chi connectivity index (χ1n) is 18.6. The number of nitrogens with one attached hydrogen (secondary N) is 1. The molecule has 1 aliphatic rings. The maximum Gasteiger partial charge on any atom is 0.249 e. The summed E-state index contributed by atoms with van der Waals surface area (Å²) in [6.45, 7) is 3.32. The van der Waals surface area contributed by atoms with Crippen LogP contribution >= 0.6 is 0 Å². The highest BCUT2D eigenvalue weighted by Gasteiger charge is 2.44. The highest BCUT2D eigenvalue weighted by Crippen LogP contribution is 2.23. The van der Waals surface area contributed by atoms with Crippen LogP contribution in [0, 0.1) is 0 Å². The molecule has 0 spiro atoms. The van der Waals surface area contributed by atoms with Crippen molar-refractivity contribution in [3.63, 3.8) is 0 Å². The van der Waals surface area contributed by atoms with Crippen LogP contribution < -0.4 is 5.32 Å². The van der Waals surface area contributed by atoms with E-state index < -0.39 is 74.2 Å². The van der Waals surface area contributed by atoms with E-state index in [1.54, 1.807) is 0 Å². The van der Waals surface area contributed by atoms with Gasteiger partial charge in [0.05, 0.1) is 25.4 Å². The monoisotopic (exact) mass is 675 g/mol. The number of carbonyl (C=O) groups is 1. The number of rotatable bonds is 29. The Bertz CT molecular complexity index is 785. The molecule has 1 amide bonds. The van der Waals surface area contributed by atoms with Crippen LogP contribution in [0.5, 0.6) is 0 Å². The molecule has 1 saturated heterocycles. The normalized spacial score (nSPS) is 24.3. The molecule has 1 fully saturated rings. The van der Waals surface area contributed by atoms with Gasteiger partial charge in [-0.2, -0.15) is 0 Å². The van der Waals surface area contributed by atoms with E-state index in [0.717, 1.165) is 38.5 Å². The summed E-state index contributed by atoms with van der Waals surface area (Å²) < 4.78 is 11.0. The molecule has 9 atom stereocenters. The molecule has 9 unspecified atom stereocenters. The van der Waals surface area contributed by atoms with Gasteiger partial charge in [-0.1, -0.05) is 116 Å². The maximum absolute atomic E-state index is 12.9. The molecule has 0 radical (unpaired) electrons. The zero-order chi connectivity index (χ0) is 34.9. The van der Waals surface area contributed by atoms with E-state index in [4.69, 9.17) is 9.47 Å². The predicted octanol–water partition coefficient (Wildman–Crippen LogP) is 3.77. The van der Waals surface area contributed by atoms with Crippen LogP contribution in [0.25, 0.3) is 0 Å². The van der Waals surface area contributed by atoms with Crippen molar-refractivity contribution in [2.24, 2.45) is 0 Å². The first kappa shape index (κ1) is 43.9. The highest BCUT2D eigenvalue weighted by molar-refractivity contribution is 5.80.